The van der Waals surface area contributed by atoms with Gasteiger partial charge in [-0.3, -0.25) is 4.90 Å². The molecule has 4 aromatic rings. The smallest absolute Gasteiger partial charge is 0.417 e. The van der Waals surface area contributed by atoms with Crippen LogP contribution >= 0.6 is 0 Å². The van der Waals surface area contributed by atoms with Crippen LogP contribution in [-0.2, 0) is 12.7 Å². The van der Waals surface area contributed by atoms with Crippen molar-refractivity contribution in [2.45, 2.75) is 19.1 Å². The minimum Gasteiger partial charge on any atom is -0.493 e. The van der Waals surface area contributed by atoms with Gasteiger partial charge in [0.25, 0.3) is 0 Å². The highest BCUT2D eigenvalue weighted by atomic mass is 19.4. The summed E-state index contributed by atoms with van der Waals surface area (Å²) in [5.41, 5.74) is 3.38. The van der Waals surface area contributed by atoms with Gasteiger partial charge in [-0.25, -0.2) is 0 Å². The number of hydrogen-bond donors (Lipinski definition) is 0. The molecule has 3 nitrogen and oxygen atoms in total. The SMILES string of the molecule is COc1cc(CN2CC=C(c3ccccc3)CC2)cc2cc(-c3ccccc3C(F)(F)F)oc12. The van der Waals surface area contributed by atoms with Gasteiger partial charge in [-0.2, -0.15) is 13.2 Å². The van der Waals surface area contributed by atoms with Crippen molar-refractivity contribution >= 4 is 16.5 Å². The zero-order valence-corrected chi connectivity index (χ0v) is 18.7. The second-order valence-corrected chi connectivity index (χ2v) is 8.45. The molecule has 0 amide bonds. The molecule has 1 aliphatic heterocycles. The van der Waals surface area contributed by atoms with E-state index >= 15 is 0 Å². The van der Waals surface area contributed by atoms with E-state index in [4.69, 9.17) is 9.15 Å². The quantitative estimate of drug-likeness (QED) is 0.308. The Hall–Kier alpha value is -3.51. The molecule has 1 aromatic heterocycles. The lowest BCUT2D eigenvalue weighted by Crippen LogP contribution is -2.28. The standard InChI is InChI=1S/C28H24F3NO2/c1-33-26-16-19(18-32-13-11-21(12-14-32)20-7-3-2-4-8-20)15-22-17-25(34-27(22)26)23-9-5-6-10-24(23)28(29,30)31/h2-11,15-17H,12-14,18H2,1H3. The van der Waals surface area contributed by atoms with Crippen LogP contribution in [0.25, 0.3) is 27.9 Å². The third-order valence-electron chi connectivity index (χ3n) is 6.20. The van der Waals surface area contributed by atoms with Gasteiger partial charge in [-0.1, -0.05) is 54.6 Å². The van der Waals surface area contributed by atoms with Crippen LogP contribution in [0.15, 0.2) is 83.3 Å². The fraction of sp³-hybridized carbons (Fsp3) is 0.214. The number of rotatable bonds is 5. The molecule has 5 rings (SSSR count). The van der Waals surface area contributed by atoms with E-state index < -0.39 is 11.7 Å². The van der Waals surface area contributed by atoms with Gasteiger partial charge in [0.05, 0.1) is 12.7 Å². The molecule has 0 radical (unpaired) electrons. The molecule has 174 valence electrons. The van der Waals surface area contributed by atoms with Crippen molar-refractivity contribution in [2.24, 2.45) is 0 Å². The van der Waals surface area contributed by atoms with E-state index in [1.807, 2.05) is 18.2 Å². The fourth-order valence-corrected chi connectivity index (χ4v) is 4.53. The second kappa shape index (κ2) is 9.03. The first-order valence-electron chi connectivity index (χ1n) is 11.2. The van der Waals surface area contributed by atoms with Crippen LogP contribution < -0.4 is 4.74 Å². The summed E-state index contributed by atoms with van der Waals surface area (Å²) >= 11 is 0. The van der Waals surface area contributed by atoms with Crippen molar-refractivity contribution in [1.29, 1.82) is 0 Å². The van der Waals surface area contributed by atoms with E-state index in [9.17, 15) is 13.2 Å². The van der Waals surface area contributed by atoms with E-state index in [-0.39, 0.29) is 11.3 Å². The van der Waals surface area contributed by atoms with Crippen molar-refractivity contribution < 1.29 is 22.3 Å². The Morgan fingerprint density at radius 3 is 2.44 bits per heavy atom. The molecule has 0 saturated heterocycles. The summed E-state index contributed by atoms with van der Waals surface area (Å²) < 4.78 is 52.0. The number of methoxy groups -OCH3 is 1. The van der Waals surface area contributed by atoms with Crippen molar-refractivity contribution in [2.75, 3.05) is 20.2 Å². The van der Waals surface area contributed by atoms with E-state index in [0.717, 1.165) is 36.5 Å². The molecule has 0 saturated carbocycles. The Balaban J connectivity index is 1.42. The monoisotopic (exact) mass is 463 g/mol. The Bertz CT molecular complexity index is 1340. The number of furan rings is 1. The number of benzene rings is 3. The summed E-state index contributed by atoms with van der Waals surface area (Å²) in [6.07, 6.45) is -1.24. The predicted molar refractivity (Wildman–Crippen MR) is 128 cm³/mol. The van der Waals surface area contributed by atoms with Crippen molar-refractivity contribution in [3.63, 3.8) is 0 Å². The van der Waals surface area contributed by atoms with E-state index in [1.165, 1.54) is 23.3 Å². The molecule has 34 heavy (non-hydrogen) atoms. The molecule has 1 aliphatic rings. The minimum atomic E-state index is -4.47. The molecule has 6 heteroatoms. The summed E-state index contributed by atoms with van der Waals surface area (Å²) in [6.45, 7) is 2.47. The highest BCUT2D eigenvalue weighted by molar-refractivity contribution is 5.88. The zero-order valence-electron chi connectivity index (χ0n) is 18.7. The molecule has 2 heterocycles. The molecular formula is C28H24F3NO2. The Labute approximate surface area is 196 Å². The van der Waals surface area contributed by atoms with E-state index in [1.54, 1.807) is 19.2 Å². The Morgan fingerprint density at radius 1 is 0.971 bits per heavy atom. The van der Waals surface area contributed by atoms with E-state index in [0.29, 0.717) is 17.9 Å². The van der Waals surface area contributed by atoms with Crippen molar-refractivity contribution in [3.05, 3.63) is 95.6 Å². The molecule has 3 aromatic carbocycles. The van der Waals surface area contributed by atoms with Crippen LogP contribution in [0, 0.1) is 0 Å². The first kappa shape index (κ1) is 22.3. The number of ether oxygens (including phenoxy) is 1. The van der Waals surface area contributed by atoms with Crippen molar-refractivity contribution in [1.82, 2.24) is 4.90 Å². The van der Waals surface area contributed by atoms with E-state index in [2.05, 4.69) is 35.2 Å². The predicted octanol–water partition coefficient (Wildman–Crippen LogP) is 7.42. The summed E-state index contributed by atoms with van der Waals surface area (Å²) in [5.74, 6) is 0.688. The summed E-state index contributed by atoms with van der Waals surface area (Å²) in [5, 5.41) is 0.721. The Morgan fingerprint density at radius 2 is 1.74 bits per heavy atom. The molecule has 0 fully saturated rings. The number of alkyl halides is 3. The van der Waals surface area contributed by atoms with Gasteiger partial charge in [0.1, 0.15) is 5.76 Å². The number of halogens is 3. The van der Waals surface area contributed by atoms with Gasteiger partial charge in [0.15, 0.2) is 11.3 Å². The average Bonchev–Trinajstić information content (AvgIpc) is 3.28. The first-order valence-corrected chi connectivity index (χ1v) is 11.2. The molecule has 0 unspecified atom stereocenters. The third kappa shape index (κ3) is 4.46. The van der Waals surface area contributed by atoms with Gasteiger partial charge < -0.3 is 9.15 Å². The van der Waals surface area contributed by atoms with Gasteiger partial charge in [0, 0.05) is 30.6 Å². The maximum absolute atomic E-state index is 13.5. The maximum Gasteiger partial charge on any atom is 0.417 e. The van der Waals surface area contributed by atoms with Crippen LogP contribution in [0.1, 0.15) is 23.1 Å². The molecule has 0 N–H and O–H groups in total. The molecule has 0 bridgehead atoms. The second-order valence-electron chi connectivity index (χ2n) is 8.45. The van der Waals surface area contributed by atoms with Gasteiger partial charge in [-0.15, -0.1) is 0 Å². The molecule has 0 spiro atoms. The van der Waals surface area contributed by atoms with Gasteiger partial charge in [-0.05, 0) is 47.4 Å². The molecule has 0 aliphatic carbocycles. The fourth-order valence-electron chi connectivity index (χ4n) is 4.53. The van der Waals surface area contributed by atoms with Crippen LogP contribution in [0.2, 0.25) is 0 Å². The van der Waals surface area contributed by atoms with Gasteiger partial charge in [0.2, 0.25) is 0 Å². The number of hydrogen-bond acceptors (Lipinski definition) is 3. The largest absolute Gasteiger partial charge is 0.493 e. The highest BCUT2D eigenvalue weighted by Crippen LogP contribution is 2.40. The molecule has 0 atom stereocenters. The number of nitrogens with zero attached hydrogens (tertiary/aromatic N) is 1. The number of fused-ring (bicyclic) bond motifs is 1. The Kier molecular flexibility index (Phi) is 5.92. The van der Waals surface area contributed by atoms with Crippen LogP contribution in [0.4, 0.5) is 13.2 Å². The normalized spacial score (nSPS) is 14.9. The summed E-state index contributed by atoms with van der Waals surface area (Å²) in [4.78, 5) is 2.34. The lowest BCUT2D eigenvalue weighted by atomic mass is 9.99. The lowest BCUT2D eigenvalue weighted by Gasteiger charge is -2.26. The highest BCUT2D eigenvalue weighted by Gasteiger charge is 2.34. The lowest BCUT2D eigenvalue weighted by molar-refractivity contribution is -0.137. The summed E-state index contributed by atoms with van der Waals surface area (Å²) in [7, 11) is 1.54. The first-order chi connectivity index (χ1) is 16.4. The topological polar surface area (TPSA) is 25.6 Å². The van der Waals surface area contributed by atoms with Crippen LogP contribution in [0.5, 0.6) is 5.75 Å². The van der Waals surface area contributed by atoms with Crippen molar-refractivity contribution in [3.8, 4) is 17.1 Å². The minimum absolute atomic E-state index is 0.0180. The maximum atomic E-state index is 13.5. The van der Waals surface area contributed by atoms with Gasteiger partial charge >= 0.3 is 6.18 Å². The van der Waals surface area contributed by atoms with Crippen LogP contribution in [0.3, 0.4) is 0 Å². The molecular weight excluding hydrogens is 439 g/mol. The average molecular weight is 463 g/mol. The zero-order chi connectivity index (χ0) is 23.7. The van der Waals surface area contributed by atoms with Crippen LogP contribution in [-0.4, -0.2) is 25.1 Å². The summed E-state index contributed by atoms with van der Waals surface area (Å²) in [6, 6.07) is 21.4. The third-order valence-corrected chi connectivity index (χ3v) is 6.20.